The third kappa shape index (κ3) is 4.93. The number of rotatable bonds is 9. The lowest BCUT2D eigenvalue weighted by atomic mass is 9.93. The van der Waals surface area contributed by atoms with Gasteiger partial charge in [0.2, 0.25) is 0 Å². The lowest BCUT2D eigenvalue weighted by molar-refractivity contribution is -0.109. The van der Waals surface area contributed by atoms with Gasteiger partial charge in [0.1, 0.15) is 25.2 Å². The highest BCUT2D eigenvalue weighted by Crippen LogP contribution is 2.42. The number of aldehydes is 1. The third-order valence-corrected chi connectivity index (χ3v) is 6.47. The summed E-state index contributed by atoms with van der Waals surface area (Å²) in [4.78, 5) is 13.6. The number of likely N-dealkylation sites (tertiary alicyclic amines) is 1. The van der Waals surface area contributed by atoms with Gasteiger partial charge < -0.3 is 19.0 Å². The summed E-state index contributed by atoms with van der Waals surface area (Å²) < 4.78 is 17.2. The van der Waals surface area contributed by atoms with Gasteiger partial charge in [0.25, 0.3) is 0 Å². The summed E-state index contributed by atoms with van der Waals surface area (Å²) in [6.07, 6.45) is 5.14. The van der Waals surface area contributed by atoms with E-state index in [0.717, 1.165) is 55.3 Å². The van der Waals surface area contributed by atoms with Crippen LogP contribution in [-0.2, 0) is 4.79 Å². The van der Waals surface area contributed by atoms with Gasteiger partial charge in [-0.05, 0) is 66.2 Å². The molecule has 0 bridgehead atoms. The van der Waals surface area contributed by atoms with E-state index in [0.29, 0.717) is 25.7 Å². The molecule has 2 heterocycles. The molecule has 2 aliphatic rings. The molecule has 2 aliphatic heterocycles. The summed E-state index contributed by atoms with van der Waals surface area (Å²) in [7, 11) is 0. The minimum atomic E-state index is 0.221. The van der Waals surface area contributed by atoms with Crippen molar-refractivity contribution in [3.05, 3.63) is 53.6 Å². The zero-order valence-electron chi connectivity index (χ0n) is 17.4. The number of ether oxygens (including phenoxy) is 3. The molecule has 0 amide bonds. The predicted octanol–water partition coefficient (Wildman–Crippen LogP) is 4.32. The maximum absolute atomic E-state index is 11.3. The van der Waals surface area contributed by atoms with Crippen molar-refractivity contribution in [2.24, 2.45) is 0 Å². The monoisotopic (exact) mass is 427 g/mol. The van der Waals surface area contributed by atoms with E-state index in [2.05, 4.69) is 35.4 Å². The molecule has 0 saturated carbocycles. The average molecular weight is 428 g/mol. The fourth-order valence-corrected chi connectivity index (χ4v) is 4.69. The molecule has 5 nitrogen and oxygen atoms in total. The van der Waals surface area contributed by atoms with Crippen LogP contribution < -0.4 is 14.2 Å². The lowest BCUT2D eigenvalue weighted by Crippen LogP contribution is -2.25. The van der Waals surface area contributed by atoms with Crippen molar-refractivity contribution in [3.63, 3.8) is 0 Å². The van der Waals surface area contributed by atoms with E-state index in [-0.39, 0.29) is 6.04 Å². The molecular weight excluding hydrogens is 398 g/mol. The van der Waals surface area contributed by atoms with Crippen LogP contribution in [0.5, 0.6) is 17.2 Å². The van der Waals surface area contributed by atoms with E-state index in [1.165, 1.54) is 11.1 Å². The Morgan fingerprint density at radius 2 is 1.87 bits per heavy atom. The Bertz CT molecular complexity index is 842. The van der Waals surface area contributed by atoms with Crippen molar-refractivity contribution >= 4 is 18.0 Å². The number of hydrogen-bond donors (Lipinski definition) is 0. The molecular formula is C24H29NO4S. The van der Waals surface area contributed by atoms with Crippen molar-refractivity contribution in [2.75, 3.05) is 44.9 Å². The van der Waals surface area contributed by atoms with Crippen LogP contribution in [0.2, 0.25) is 0 Å². The van der Waals surface area contributed by atoms with Gasteiger partial charge in [-0.3, -0.25) is 4.90 Å². The molecule has 0 aromatic heterocycles. The molecule has 0 spiro atoms. The van der Waals surface area contributed by atoms with Crippen molar-refractivity contribution < 1.29 is 19.0 Å². The predicted molar refractivity (Wildman–Crippen MR) is 120 cm³/mol. The van der Waals surface area contributed by atoms with E-state index in [4.69, 9.17) is 14.2 Å². The van der Waals surface area contributed by atoms with Crippen LogP contribution in [0.25, 0.3) is 0 Å². The molecule has 2 atom stereocenters. The summed E-state index contributed by atoms with van der Waals surface area (Å²) in [5.74, 6) is 4.02. The molecule has 30 heavy (non-hydrogen) atoms. The molecule has 0 radical (unpaired) electrons. The molecule has 6 heteroatoms. The second kappa shape index (κ2) is 10.2. The number of carbonyl (C=O) groups is 1. The van der Waals surface area contributed by atoms with Crippen molar-refractivity contribution in [1.82, 2.24) is 4.90 Å². The first-order valence-electron chi connectivity index (χ1n) is 10.6. The van der Waals surface area contributed by atoms with E-state index < -0.39 is 0 Å². The van der Waals surface area contributed by atoms with Gasteiger partial charge in [-0.2, -0.15) is 11.8 Å². The number of carbonyl (C=O) groups excluding carboxylic acids is 1. The van der Waals surface area contributed by atoms with Crippen LogP contribution in [0, 0.1) is 0 Å². The van der Waals surface area contributed by atoms with Gasteiger partial charge in [0, 0.05) is 12.6 Å². The van der Waals surface area contributed by atoms with Crippen molar-refractivity contribution in [2.45, 2.75) is 24.8 Å². The van der Waals surface area contributed by atoms with Crippen LogP contribution in [0.15, 0.2) is 42.5 Å². The molecule has 1 saturated heterocycles. The Morgan fingerprint density at radius 1 is 1.10 bits per heavy atom. The molecule has 0 aliphatic carbocycles. The summed E-state index contributed by atoms with van der Waals surface area (Å²) >= 11 is 1.84. The van der Waals surface area contributed by atoms with E-state index in [1.54, 1.807) is 0 Å². The first-order valence-corrected chi connectivity index (χ1v) is 12.0. The molecule has 1 fully saturated rings. The van der Waals surface area contributed by atoms with Gasteiger partial charge in [-0.1, -0.05) is 18.2 Å². The first-order chi connectivity index (χ1) is 14.8. The molecule has 2 aromatic carbocycles. The minimum absolute atomic E-state index is 0.221. The number of nitrogens with zero attached hydrogens (tertiary/aromatic N) is 1. The molecule has 0 N–H and O–H groups in total. The summed E-state index contributed by atoms with van der Waals surface area (Å²) in [5.41, 5.74) is 2.47. The highest BCUT2D eigenvalue weighted by atomic mass is 32.2. The normalized spacial score (nSPS) is 20.8. The minimum Gasteiger partial charge on any atom is -0.494 e. The largest absolute Gasteiger partial charge is 0.494 e. The van der Waals surface area contributed by atoms with Crippen molar-refractivity contribution in [3.8, 4) is 17.2 Å². The average Bonchev–Trinajstić information content (AvgIpc) is 3.21. The smallest absolute Gasteiger partial charge is 0.161 e. The van der Waals surface area contributed by atoms with Gasteiger partial charge in [-0.15, -0.1) is 0 Å². The quantitative estimate of drug-likeness (QED) is 0.439. The van der Waals surface area contributed by atoms with Gasteiger partial charge in [-0.25, -0.2) is 0 Å². The van der Waals surface area contributed by atoms with Gasteiger partial charge in [0.05, 0.1) is 13.2 Å². The Hall–Kier alpha value is -2.18. The zero-order valence-corrected chi connectivity index (χ0v) is 18.2. The maximum atomic E-state index is 11.3. The lowest BCUT2D eigenvalue weighted by Gasteiger charge is -2.22. The van der Waals surface area contributed by atoms with Crippen molar-refractivity contribution in [1.29, 1.82) is 0 Å². The van der Waals surface area contributed by atoms with Gasteiger partial charge >= 0.3 is 0 Å². The number of hydrogen-bond acceptors (Lipinski definition) is 6. The molecule has 4 rings (SSSR count). The maximum Gasteiger partial charge on any atom is 0.161 e. The van der Waals surface area contributed by atoms with Crippen LogP contribution in [0.3, 0.4) is 0 Å². The number of thioether (sulfide) groups is 1. The molecule has 1 unspecified atom stereocenters. The summed E-state index contributed by atoms with van der Waals surface area (Å²) in [6, 6.07) is 14.8. The Morgan fingerprint density at radius 3 is 2.63 bits per heavy atom. The number of benzene rings is 2. The summed E-state index contributed by atoms with van der Waals surface area (Å²) in [6.45, 7) is 3.23. The zero-order chi connectivity index (χ0) is 20.8. The molecule has 2 aromatic rings. The van der Waals surface area contributed by atoms with E-state index in [1.807, 2.05) is 30.0 Å². The highest BCUT2D eigenvalue weighted by molar-refractivity contribution is 7.98. The van der Waals surface area contributed by atoms with E-state index in [9.17, 15) is 4.79 Å². The summed E-state index contributed by atoms with van der Waals surface area (Å²) in [5, 5.41) is 0. The topological polar surface area (TPSA) is 48.0 Å². The second-order valence-corrected chi connectivity index (χ2v) is 8.72. The second-order valence-electron chi connectivity index (χ2n) is 7.74. The Kier molecular flexibility index (Phi) is 7.18. The van der Waals surface area contributed by atoms with Crippen LogP contribution in [0.1, 0.15) is 35.9 Å². The standard InChI is InChI=1S/C24H29NO4S/c1-30-14-2-11-27-21-6-3-18(4-7-21)22-15-20(17-25(22)9-10-26)19-5-8-23-24(16-19)29-13-12-28-23/h3-8,10,16,20,22H,2,9,11-15,17H2,1H3/t20-,22?/m1/s1. The fourth-order valence-electron chi connectivity index (χ4n) is 4.28. The third-order valence-electron chi connectivity index (χ3n) is 5.78. The fraction of sp³-hybridized carbons (Fsp3) is 0.458. The number of fused-ring (bicyclic) bond motifs is 1. The van der Waals surface area contributed by atoms with E-state index >= 15 is 0 Å². The Balaban J connectivity index is 1.45. The van der Waals surface area contributed by atoms with Crippen LogP contribution in [-0.4, -0.2) is 56.1 Å². The highest BCUT2D eigenvalue weighted by Gasteiger charge is 2.34. The molecule has 160 valence electrons. The SMILES string of the molecule is CSCCCOc1ccc(C2C[C@@H](c3ccc4c(c3)OCCO4)CN2CC=O)cc1. The van der Waals surface area contributed by atoms with Gasteiger partial charge in [0.15, 0.2) is 11.5 Å². The van der Waals surface area contributed by atoms with Crippen LogP contribution >= 0.6 is 11.8 Å². The first kappa shape index (κ1) is 21.1. The van der Waals surface area contributed by atoms with Crippen LogP contribution in [0.4, 0.5) is 0 Å². The Labute approximate surface area is 182 Å².